The molecule has 0 amide bonds. The van der Waals surface area contributed by atoms with Crippen molar-refractivity contribution in [3.8, 4) is 0 Å². The van der Waals surface area contributed by atoms with E-state index in [-0.39, 0.29) is 0 Å². The SMILES string of the molecule is CCCC(=O)CSCC. The van der Waals surface area contributed by atoms with E-state index >= 15 is 0 Å². The van der Waals surface area contributed by atoms with Gasteiger partial charge in [0.15, 0.2) is 0 Å². The standard InChI is InChI=1S/C7H14OS/c1-3-5-7(8)6-9-4-2/h3-6H2,1-2H3. The largest absolute Gasteiger partial charge is 0.299 e. The van der Waals surface area contributed by atoms with E-state index in [2.05, 4.69) is 6.92 Å². The molecule has 0 N–H and O–H groups in total. The Morgan fingerprint density at radius 3 is 2.56 bits per heavy atom. The first-order valence-electron chi connectivity index (χ1n) is 3.40. The number of thioether (sulfide) groups is 1. The molecule has 2 heteroatoms. The summed E-state index contributed by atoms with van der Waals surface area (Å²) < 4.78 is 0. The molecule has 0 aromatic rings. The summed E-state index contributed by atoms with van der Waals surface area (Å²) in [4.78, 5) is 10.8. The molecule has 1 nitrogen and oxygen atoms in total. The Morgan fingerprint density at radius 2 is 2.11 bits per heavy atom. The van der Waals surface area contributed by atoms with Crippen molar-refractivity contribution < 1.29 is 4.79 Å². The molecule has 0 aliphatic rings. The summed E-state index contributed by atoms with van der Waals surface area (Å²) in [6, 6.07) is 0. The lowest BCUT2D eigenvalue weighted by atomic mass is 10.3. The average molecular weight is 146 g/mol. The van der Waals surface area contributed by atoms with Gasteiger partial charge in [-0.05, 0) is 12.2 Å². The Morgan fingerprint density at radius 1 is 1.44 bits per heavy atom. The number of hydrogen-bond donors (Lipinski definition) is 0. The van der Waals surface area contributed by atoms with Crippen LogP contribution in [0.2, 0.25) is 0 Å². The fourth-order valence-corrected chi connectivity index (χ4v) is 1.14. The molecule has 54 valence electrons. The first kappa shape index (κ1) is 9.02. The minimum atomic E-state index is 0.393. The minimum Gasteiger partial charge on any atom is -0.299 e. The lowest BCUT2D eigenvalue weighted by Gasteiger charge is -1.94. The van der Waals surface area contributed by atoms with Gasteiger partial charge in [-0.2, -0.15) is 11.8 Å². The van der Waals surface area contributed by atoms with Crippen molar-refractivity contribution in [3.05, 3.63) is 0 Å². The van der Waals surface area contributed by atoms with Gasteiger partial charge in [0.2, 0.25) is 0 Å². The van der Waals surface area contributed by atoms with Crippen LogP contribution in [0.5, 0.6) is 0 Å². The molecule has 0 saturated heterocycles. The molecule has 0 saturated carbocycles. The van der Waals surface area contributed by atoms with Crippen molar-refractivity contribution in [1.29, 1.82) is 0 Å². The van der Waals surface area contributed by atoms with Crippen molar-refractivity contribution in [3.63, 3.8) is 0 Å². The van der Waals surface area contributed by atoms with E-state index in [0.29, 0.717) is 11.5 Å². The number of rotatable bonds is 5. The molecule has 0 radical (unpaired) electrons. The highest BCUT2D eigenvalue weighted by Crippen LogP contribution is 2.01. The van der Waals surface area contributed by atoms with Crippen LogP contribution >= 0.6 is 11.8 Å². The van der Waals surface area contributed by atoms with Crippen LogP contribution in [0, 0.1) is 0 Å². The highest BCUT2D eigenvalue weighted by molar-refractivity contribution is 7.99. The third-order valence-corrected chi connectivity index (χ3v) is 1.93. The second kappa shape index (κ2) is 6.14. The Labute approximate surface area is 61.2 Å². The third-order valence-electron chi connectivity index (χ3n) is 0.996. The summed E-state index contributed by atoms with van der Waals surface area (Å²) in [5.41, 5.74) is 0. The third kappa shape index (κ3) is 5.90. The van der Waals surface area contributed by atoms with Crippen LogP contribution in [0.3, 0.4) is 0 Å². The molecule has 0 heterocycles. The molecule has 0 spiro atoms. The fourth-order valence-electron chi connectivity index (χ4n) is 0.567. The van der Waals surface area contributed by atoms with E-state index in [4.69, 9.17) is 0 Å². The number of carbonyl (C=O) groups is 1. The quantitative estimate of drug-likeness (QED) is 0.591. The summed E-state index contributed by atoms with van der Waals surface area (Å²) in [7, 11) is 0. The first-order chi connectivity index (χ1) is 4.31. The fraction of sp³-hybridized carbons (Fsp3) is 0.857. The number of ketones is 1. The van der Waals surface area contributed by atoms with Crippen molar-refractivity contribution in [1.82, 2.24) is 0 Å². The summed E-state index contributed by atoms with van der Waals surface area (Å²) in [5, 5.41) is 0. The molecule has 0 atom stereocenters. The van der Waals surface area contributed by atoms with Gasteiger partial charge in [0.05, 0.1) is 5.75 Å². The van der Waals surface area contributed by atoms with E-state index in [9.17, 15) is 4.79 Å². The molecule has 9 heavy (non-hydrogen) atoms. The van der Waals surface area contributed by atoms with Crippen LogP contribution < -0.4 is 0 Å². The zero-order valence-corrected chi connectivity index (χ0v) is 6.96. The van der Waals surface area contributed by atoms with Crippen molar-refractivity contribution in [2.45, 2.75) is 26.7 Å². The van der Waals surface area contributed by atoms with Gasteiger partial charge in [0.1, 0.15) is 5.78 Å². The van der Waals surface area contributed by atoms with E-state index in [1.807, 2.05) is 6.92 Å². The van der Waals surface area contributed by atoms with Gasteiger partial charge in [0.25, 0.3) is 0 Å². The van der Waals surface area contributed by atoms with Crippen LogP contribution in [0.25, 0.3) is 0 Å². The van der Waals surface area contributed by atoms with Gasteiger partial charge in [-0.15, -0.1) is 0 Å². The van der Waals surface area contributed by atoms with E-state index < -0.39 is 0 Å². The zero-order valence-electron chi connectivity index (χ0n) is 6.14. The summed E-state index contributed by atoms with van der Waals surface area (Å²) in [5.74, 6) is 2.16. The van der Waals surface area contributed by atoms with Gasteiger partial charge < -0.3 is 0 Å². The van der Waals surface area contributed by atoms with Crippen molar-refractivity contribution in [2.75, 3.05) is 11.5 Å². The van der Waals surface area contributed by atoms with Crippen LogP contribution in [0.4, 0.5) is 0 Å². The molecular formula is C7H14OS. The predicted octanol–water partition coefficient (Wildman–Crippen LogP) is 2.11. The molecule has 0 bridgehead atoms. The van der Waals surface area contributed by atoms with Gasteiger partial charge in [-0.3, -0.25) is 4.79 Å². The first-order valence-corrected chi connectivity index (χ1v) is 4.56. The van der Waals surface area contributed by atoms with Crippen molar-refractivity contribution in [2.24, 2.45) is 0 Å². The summed E-state index contributed by atoms with van der Waals surface area (Å²) in [6.07, 6.45) is 1.75. The zero-order chi connectivity index (χ0) is 7.11. The molecule has 0 aromatic heterocycles. The highest BCUT2D eigenvalue weighted by atomic mass is 32.2. The van der Waals surface area contributed by atoms with E-state index in [0.717, 1.165) is 18.6 Å². The molecule has 0 fully saturated rings. The monoisotopic (exact) mass is 146 g/mol. The Kier molecular flexibility index (Phi) is 6.16. The summed E-state index contributed by atoms with van der Waals surface area (Å²) in [6.45, 7) is 4.11. The molecule has 0 aliphatic heterocycles. The van der Waals surface area contributed by atoms with Gasteiger partial charge >= 0.3 is 0 Å². The van der Waals surface area contributed by atoms with E-state index in [1.165, 1.54) is 0 Å². The molecule has 0 aromatic carbocycles. The average Bonchev–Trinajstić information content (AvgIpc) is 1.85. The Bertz CT molecular complexity index is 81.0. The highest BCUT2D eigenvalue weighted by Gasteiger charge is 1.96. The number of Topliss-reactive ketones (excluding diaryl/α,β-unsaturated/α-hetero) is 1. The van der Waals surface area contributed by atoms with Crippen LogP contribution in [0.1, 0.15) is 26.7 Å². The molecule has 0 aliphatic carbocycles. The smallest absolute Gasteiger partial charge is 0.142 e. The minimum absolute atomic E-state index is 0.393. The number of hydrogen-bond acceptors (Lipinski definition) is 2. The lowest BCUT2D eigenvalue weighted by Crippen LogP contribution is -1.99. The Hall–Kier alpha value is 0.0200. The topological polar surface area (TPSA) is 17.1 Å². The normalized spacial score (nSPS) is 9.56. The maximum absolute atomic E-state index is 10.8. The van der Waals surface area contributed by atoms with Gasteiger partial charge in [-0.25, -0.2) is 0 Å². The van der Waals surface area contributed by atoms with Crippen LogP contribution in [-0.4, -0.2) is 17.3 Å². The maximum Gasteiger partial charge on any atom is 0.142 e. The molecule has 0 rings (SSSR count). The van der Waals surface area contributed by atoms with Crippen LogP contribution in [0.15, 0.2) is 0 Å². The second-order valence-electron chi connectivity index (χ2n) is 1.93. The number of carbonyl (C=O) groups excluding carboxylic acids is 1. The van der Waals surface area contributed by atoms with Gasteiger partial charge in [-0.1, -0.05) is 13.8 Å². The van der Waals surface area contributed by atoms with Gasteiger partial charge in [0, 0.05) is 6.42 Å². The van der Waals surface area contributed by atoms with Crippen LogP contribution in [-0.2, 0) is 4.79 Å². The predicted molar refractivity (Wildman–Crippen MR) is 42.9 cm³/mol. The summed E-state index contributed by atoms with van der Waals surface area (Å²) >= 11 is 1.71. The lowest BCUT2D eigenvalue weighted by molar-refractivity contribution is -0.116. The maximum atomic E-state index is 10.8. The second-order valence-corrected chi connectivity index (χ2v) is 3.20. The molecular weight excluding hydrogens is 132 g/mol. The molecule has 0 unspecified atom stereocenters. The Balaban J connectivity index is 3.06. The van der Waals surface area contributed by atoms with E-state index in [1.54, 1.807) is 11.8 Å². The van der Waals surface area contributed by atoms with Crippen molar-refractivity contribution >= 4 is 17.5 Å².